The number of imidazole rings is 1. The van der Waals surface area contributed by atoms with E-state index in [1.165, 1.54) is 10.6 Å². The van der Waals surface area contributed by atoms with Crippen LogP contribution in [0.3, 0.4) is 0 Å². The molecule has 17 heavy (non-hydrogen) atoms. The van der Waals surface area contributed by atoms with Crippen molar-refractivity contribution in [1.82, 2.24) is 19.9 Å². The normalized spacial score (nSPS) is 14.9. The SMILES string of the molecule is CCCn1cncc1-c1nc2c(s1)CNCC2. The molecule has 0 aliphatic carbocycles. The first-order valence-electron chi connectivity index (χ1n) is 6.08. The van der Waals surface area contributed by atoms with Crippen LogP contribution in [-0.2, 0) is 19.5 Å². The van der Waals surface area contributed by atoms with Crippen LogP contribution < -0.4 is 5.32 Å². The Balaban J connectivity index is 1.97. The summed E-state index contributed by atoms with van der Waals surface area (Å²) in [6.45, 7) is 5.21. The van der Waals surface area contributed by atoms with Crippen LogP contribution in [0.1, 0.15) is 23.9 Å². The summed E-state index contributed by atoms with van der Waals surface area (Å²) in [5, 5.41) is 4.50. The van der Waals surface area contributed by atoms with Crippen molar-refractivity contribution in [3.05, 3.63) is 23.1 Å². The van der Waals surface area contributed by atoms with Crippen molar-refractivity contribution in [3.63, 3.8) is 0 Å². The van der Waals surface area contributed by atoms with E-state index in [0.29, 0.717) is 0 Å². The van der Waals surface area contributed by atoms with Crippen LogP contribution in [0.2, 0.25) is 0 Å². The number of fused-ring (bicyclic) bond motifs is 1. The monoisotopic (exact) mass is 248 g/mol. The first-order chi connectivity index (χ1) is 8.38. The number of thiazole rings is 1. The highest BCUT2D eigenvalue weighted by Crippen LogP contribution is 2.29. The number of aromatic nitrogens is 3. The molecule has 0 unspecified atom stereocenters. The minimum absolute atomic E-state index is 0.967. The summed E-state index contributed by atoms with van der Waals surface area (Å²) in [6, 6.07) is 0. The summed E-state index contributed by atoms with van der Waals surface area (Å²) in [4.78, 5) is 10.4. The van der Waals surface area contributed by atoms with Gasteiger partial charge in [0.25, 0.3) is 0 Å². The summed E-state index contributed by atoms with van der Waals surface area (Å²) in [5.41, 5.74) is 2.43. The molecule has 0 radical (unpaired) electrons. The van der Waals surface area contributed by atoms with Crippen LogP contribution in [-0.4, -0.2) is 21.1 Å². The highest BCUT2D eigenvalue weighted by Gasteiger charge is 2.17. The molecule has 0 bridgehead atoms. The molecular weight excluding hydrogens is 232 g/mol. The topological polar surface area (TPSA) is 42.7 Å². The molecule has 1 aliphatic rings. The molecule has 2 aromatic heterocycles. The summed E-state index contributed by atoms with van der Waals surface area (Å²) in [7, 11) is 0. The molecular formula is C12H16N4S. The number of hydrogen-bond acceptors (Lipinski definition) is 4. The Kier molecular flexibility index (Phi) is 2.94. The molecule has 5 heteroatoms. The average Bonchev–Trinajstić information content (AvgIpc) is 2.94. The van der Waals surface area contributed by atoms with E-state index in [0.717, 1.165) is 43.2 Å². The minimum atomic E-state index is 0.967. The summed E-state index contributed by atoms with van der Waals surface area (Å²) < 4.78 is 2.19. The van der Waals surface area contributed by atoms with Crippen LogP contribution in [0.25, 0.3) is 10.7 Å². The lowest BCUT2D eigenvalue weighted by Crippen LogP contribution is -2.22. The lowest BCUT2D eigenvalue weighted by molar-refractivity contribution is 0.643. The molecule has 0 fully saturated rings. The zero-order chi connectivity index (χ0) is 11.7. The smallest absolute Gasteiger partial charge is 0.142 e. The van der Waals surface area contributed by atoms with Crippen molar-refractivity contribution < 1.29 is 0 Å². The third-order valence-corrected chi connectivity index (χ3v) is 4.12. The van der Waals surface area contributed by atoms with Gasteiger partial charge in [0.05, 0.1) is 23.9 Å². The molecule has 0 saturated heterocycles. The molecule has 0 amide bonds. The molecule has 4 nitrogen and oxygen atoms in total. The number of rotatable bonds is 3. The molecule has 0 saturated carbocycles. The van der Waals surface area contributed by atoms with Crippen LogP contribution in [0.4, 0.5) is 0 Å². The molecule has 1 aliphatic heterocycles. The standard InChI is InChI=1S/C12H16N4S/c1-2-5-16-8-14-6-10(16)12-15-9-3-4-13-7-11(9)17-12/h6,8,13H,2-5,7H2,1H3. The Morgan fingerprint density at radius 1 is 1.53 bits per heavy atom. The molecule has 3 heterocycles. The Morgan fingerprint density at radius 3 is 3.29 bits per heavy atom. The van der Waals surface area contributed by atoms with E-state index >= 15 is 0 Å². The lowest BCUT2D eigenvalue weighted by Gasteiger charge is -2.09. The van der Waals surface area contributed by atoms with Gasteiger partial charge in [-0.15, -0.1) is 11.3 Å². The van der Waals surface area contributed by atoms with Gasteiger partial charge >= 0.3 is 0 Å². The largest absolute Gasteiger partial charge is 0.329 e. The van der Waals surface area contributed by atoms with E-state index in [9.17, 15) is 0 Å². The molecule has 90 valence electrons. The Hall–Kier alpha value is -1.20. The van der Waals surface area contributed by atoms with Gasteiger partial charge in [-0.05, 0) is 6.42 Å². The van der Waals surface area contributed by atoms with Gasteiger partial charge < -0.3 is 9.88 Å². The van der Waals surface area contributed by atoms with E-state index in [-0.39, 0.29) is 0 Å². The third kappa shape index (κ3) is 2.00. The first kappa shape index (κ1) is 10.9. The zero-order valence-electron chi connectivity index (χ0n) is 9.94. The van der Waals surface area contributed by atoms with Crippen molar-refractivity contribution in [2.45, 2.75) is 32.9 Å². The maximum atomic E-state index is 4.75. The fourth-order valence-corrected chi connectivity index (χ4v) is 3.26. The van der Waals surface area contributed by atoms with Gasteiger partial charge in [-0.2, -0.15) is 0 Å². The van der Waals surface area contributed by atoms with E-state index in [2.05, 4.69) is 21.8 Å². The Morgan fingerprint density at radius 2 is 2.47 bits per heavy atom. The molecule has 0 atom stereocenters. The van der Waals surface area contributed by atoms with Crippen LogP contribution in [0, 0.1) is 0 Å². The molecule has 0 aromatic carbocycles. The van der Waals surface area contributed by atoms with Gasteiger partial charge in [0.2, 0.25) is 0 Å². The summed E-state index contributed by atoms with van der Waals surface area (Å²) >= 11 is 1.80. The van der Waals surface area contributed by atoms with Gasteiger partial charge in [-0.1, -0.05) is 6.92 Å². The Labute approximate surface area is 105 Å². The van der Waals surface area contributed by atoms with Gasteiger partial charge in [0, 0.05) is 30.9 Å². The summed E-state index contributed by atoms with van der Waals surface area (Å²) in [6.07, 6.45) is 5.99. The number of hydrogen-bond donors (Lipinski definition) is 1. The lowest BCUT2D eigenvalue weighted by atomic mass is 10.2. The van der Waals surface area contributed by atoms with E-state index in [1.807, 2.05) is 12.5 Å². The zero-order valence-corrected chi connectivity index (χ0v) is 10.8. The van der Waals surface area contributed by atoms with Crippen molar-refractivity contribution in [2.24, 2.45) is 0 Å². The molecule has 1 N–H and O–H groups in total. The van der Waals surface area contributed by atoms with E-state index in [1.54, 1.807) is 11.3 Å². The Bertz CT molecular complexity index is 491. The van der Waals surface area contributed by atoms with Gasteiger partial charge in [0.15, 0.2) is 0 Å². The second-order valence-electron chi connectivity index (χ2n) is 4.29. The van der Waals surface area contributed by atoms with Gasteiger partial charge in [-0.25, -0.2) is 9.97 Å². The molecule has 3 rings (SSSR count). The number of nitrogens with one attached hydrogen (secondary N) is 1. The summed E-state index contributed by atoms with van der Waals surface area (Å²) in [5.74, 6) is 0. The van der Waals surface area contributed by atoms with Crippen molar-refractivity contribution in [3.8, 4) is 10.7 Å². The van der Waals surface area contributed by atoms with Crippen molar-refractivity contribution in [1.29, 1.82) is 0 Å². The van der Waals surface area contributed by atoms with E-state index in [4.69, 9.17) is 4.98 Å². The highest BCUT2D eigenvalue weighted by molar-refractivity contribution is 7.15. The minimum Gasteiger partial charge on any atom is -0.329 e. The fourth-order valence-electron chi connectivity index (χ4n) is 2.15. The quantitative estimate of drug-likeness (QED) is 0.904. The molecule has 2 aromatic rings. The van der Waals surface area contributed by atoms with Crippen molar-refractivity contribution in [2.75, 3.05) is 6.54 Å². The average molecular weight is 248 g/mol. The predicted octanol–water partition coefficient (Wildman–Crippen LogP) is 2.06. The maximum absolute atomic E-state index is 4.75. The maximum Gasteiger partial charge on any atom is 0.142 e. The number of nitrogens with zero attached hydrogens (tertiary/aromatic N) is 3. The third-order valence-electron chi connectivity index (χ3n) is 3.00. The second-order valence-corrected chi connectivity index (χ2v) is 5.37. The predicted molar refractivity (Wildman–Crippen MR) is 69.0 cm³/mol. The van der Waals surface area contributed by atoms with Crippen LogP contribution >= 0.6 is 11.3 Å². The second kappa shape index (κ2) is 4.58. The van der Waals surface area contributed by atoms with E-state index < -0.39 is 0 Å². The number of aryl methyl sites for hydroxylation is 1. The van der Waals surface area contributed by atoms with Crippen molar-refractivity contribution >= 4 is 11.3 Å². The van der Waals surface area contributed by atoms with Crippen LogP contribution in [0.15, 0.2) is 12.5 Å². The van der Waals surface area contributed by atoms with Crippen LogP contribution in [0.5, 0.6) is 0 Å². The fraction of sp³-hybridized carbons (Fsp3) is 0.500. The highest BCUT2D eigenvalue weighted by atomic mass is 32.1. The molecule has 0 spiro atoms. The van der Waals surface area contributed by atoms with Gasteiger partial charge in [0.1, 0.15) is 5.01 Å². The first-order valence-corrected chi connectivity index (χ1v) is 6.90. The van der Waals surface area contributed by atoms with Gasteiger partial charge in [-0.3, -0.25) is 0 Å².